The van der Waals surface area contributed by atoms with Crippen LogP contribution in [0.2, 0.25) is 0 Å². The summed E-state index contributed by atoms with van der Waals surface area (Å²) in [7, 11) is 0. The molecule has 1 aliphatic rings. The fraction of sp³-hybridized carbons (Fsp3) is 0.812. The van der Waals surface area contributed by atoms with Crippen LogP contribution in [-0.2, 0) is 0 Å². The zero-order chi connectivity index (χ0) is 27.3. The van der Waals surface area contributed by atoms with Crippen LogP contribution in [0, 0.1) is 0 Å². The Balaban J connectivity index is 1.40. The molecule has 0 aromatic carbocycles. The lowest BCUT2D eigenvalue weighted by atomic mass is 10.0. The summed E-state index contributed by atoms with van der Waals surface area (Å²) in [5.41, 5.74) is 0.665. The first-order chi connectivity index (χ1) is 18.7. The van der Waals surface area contributed by atoms with Gasteiger partial charge >= 0.3 is 0 Å². The van der Waals surface area contributed by atoms with Crippen molar-refractivity contribution < 1.29 is 4.79 Å². The number of alkyl halides is 1. The monoisotopic (exact) mass is 640 g/mol. The molecule has 0 aliphatic carbocycles. The van der Waals surface area contributed by atoms with E-state index in [1.807, 2.05) is 12.1 Å². The number of carbonyl (C=O) groups excluding carboxylic acids is 1. The number of anilines is 1. The third-order valence-corrected chi connectivity index (χ3v) is 8.97. The average Bonchev–Trinajstić information content (AvgIpc) is 2.96. The van der Waals surface area contributed by atoms with Crippen molar-refractivity contribution in [2.24, 2.45) is 0 Å². The summed E-state index contributed by atoms with van der Waals surface area (Å²) in [6.45, 7) is 9.49. The van der Waals surface area contributed by atoms with Crippen LogP contribution in [0.15, 0.2) is 18.3 Å². The van der Waals surface area contributed by atoms with E-state index in [4.69, 9.17) is 0 Å². The van der Waals surface area contributed by atoms with Crippen LogP contribution in [0.4, 0.5) is 5.82 Å². The quantitative estimate of drug-likeness (QED) is 0.0786. The van der Waals surface area contributed by atoms with Gasteiger partial charge in [0.1, 0.15) is 5.82 Å². The molecule has 1 aliphatic heterocycles. The van der Waals surface area contributed by atoms with Gasteiger partial charge in [-0.15, -0.1) is 0 Å². The van der Waals surface area contributed by atoms with Gasteiger partial charge in [-0.1, -0.05) is 119 Å². The summed E-state index contributed by atoms with van der Waals surface area (Å²) in [6.07, 6.45) is 24.9. The lowest BCUT2D eigenvalue weighted by molar-refractivity contribution is 0.0952. The van der Waals surface area contributed by atoms with Gasteiger partial charge in [0.15, 0.2) is 0 Å². The van der Waals surface area contributed by atoms with Gasteiger partial charge in [0.25, 0.3) is 5.91 Å². The van der Waals surface area contributed by atoms with Crippen molar-refractivity contribution in [1.82, 2.24) is 15.2 Å². The standard InChI is InChI=1S/C32H57IN4O/c1-3-29(2)36-24-26-37(27-25-36)31-21-20-30(28-35-31)32(38)34-23-19-17-15-13-11-9-7-5-4-6-8-10-12-14-16-18-22-33/h20-21,28-29H,3-19,22-27H2,1-2H3,(H,34,38). The van der Waals surface area contributed by atoms with Crippen molar-refractivity contribution in [3.05, 3.63) is 23.9 Å². The Morgan fingerprint density at radius 1 is 0.816 bits per heavy atom. The number of hydrogen-bond acceptors (Lipinski definition) is 4. The van der Waals surface area contributed by atoms with Gasteiger partial charge in [-0.2, -0.15) is 0 Å². The van der Waals surface area contributed by atoms with Gasteiger partial charge in [-0.05, 0) is 42.7 Å². The Kier molecular flexibility index (Phi) is 19.2. The highest BCUT2D eigenvalue weighted by Gasteiger charge is 2.21. The largest absolute Gasteiger partial charge is 0.354 e. The van der Waals surface area contributed by atoms with Crippen LogP contribution in [0.3, 0.4) is 0 Å². The predicted molar refractivity (Wildman–Crippen MR) is 173 cm³/mol. The van der Waals surface area contributed by atoms with E-state index in [-0.39, 0.29) is 5.91 Å². The van der Waals surface area contributed by atoms with E-state index in [9.17, 15) is 4.79 Å². The summed E-state index contributed by atoms with van der Waals surface area (Å²) in [6, 6.07) is 4.58. The van der Waals surface area contributed by atoms with Crippen LogP contribution in [0.1, 0.15) is 133 Å². The number of hydrogen-bond donors (Lipinski definition) is 1. The zero-order valence-corrected chi connectivity index (χ0v) is 26.9. The molecule has 1 amide bonds. The molecule has 2 rings (SSSR count). The number of nitrogens with one attached hydrogen (secondary N) is 1. The van der Waals surface area contributed by atoms with E-state index in [2.05, 4.69) is 56.5 Å². The normalized spacial score (nSPS) is 15.1. The van der Waals surface area contributed by atoms with Gasteiger partial charge in [-0.25, -0.2) is 4.98 Å². The molecule has 0 saturated carbocycles. The summed E-state index contributed by atoms with van der Waals surface area (Å²) in [4.78, 5) is 22.0. The molecule has 0 bridgehead atoms. The number of aromatic nitrogens is 1. The maximum atomic E-state index is 12.5. The number of carbonyl (C=O) groups is 1. The first-order valence-corrected chi connectivity index (χ1v) is 17.5. The van der Waals surface area contributed by atoms with Crippen molar-refractivity contribution in [1.29, 1.82) is 0 Å². The van der Waals surface area contributed by atoms with Crippen LogP contribution < -0.4 is 10.2 Å². The highest BCUT2D eigenvalue weighted by atomic mass is 127. The van der Waals surface area contributed by atoms with Gasteiger partial charge in [0, 0.05) is 45.0 Å². The molecule has 5 nitrogen and oxygen atoms in total. The second-order valence-electron chi connectivity index (χ2n) is 11.3. The molecule has 0 radical (unpaired) electrons. The molecule has 1 aromatic heterocycles. The molecular formula is C32H57IN4O. The van der Waals surface area contributed by atoms with Gasteiger partial charge in [0.2, 0.25) is 0 Å². The summed E-state index contributed by atoms with van der Waals surface area (Å²) in [5, 5.41) is 3.08. The molecule has 1 saturated heterocycles. The Hall–Kier alpha value is -0.890. The fourth-order valence-corrected chi connectivity index (χ4v) is 5.90. The molecule has 1 atom stereocenters. The molecular weight excluding hydrogens is 583 g/mol. The number of nitrogens with zero attached hydrogens (tertiary/aromatic N) is 3. The minimum Gasteiger partial charge on any atom is -0.354 e. The lowest BCUT2D eigenvalue weighted by Crippen LogP contribution is -2.49. The number of piperazine rings is 1. The Morgan fingerprint density at radius 3 is 1.76 bits per heavy atom. The lowest BCUT2D eigenvalue weighted by Gasteiger charge is -2.38. The Morgan fingerprint density at radius 2 is 1.32 bits per heavy atom. The summed E-state index contributed by atoms with van der Waals surface area (Å²) >= 11 is 2.48. The van der Waals surface area contributed by atoms with E-state index in [0.29, 0.717) is 11.6 Å². The first-order valence-electron chi connectivity index (χ1n) is 15.9. The number of amides is 1. The molecule has 1 aromatic rings. The average molecular weight is 641 g/mol. The van der Waals surface area contributed by atoms with Crippen LogP contribution >= 0.6 is 22.6 Å². The molecule has 1 N–H and O–H groups in total. The Labute approximate surface area is 248 Å². The smallest absolute Gasteiger partial charge is 0.252 e. The molecule has 1 unspecified atom stereocenters. The summed E-state index contributed by atoms with van der Waals surface area (Å²) in [5.74, 6) is 0.986. The van der Waals surface area contributed by atoms with E-state index >= 15 is 0 Å². The van der Waals surface area contributed by atoms with Crippen molar-refractivity contribution in [2.75, 3.05) is 42.1 Å². The minimum absolute atomic E-state index is 0.00170. The zero-order valence-electron chi connectivity index (χ0n) is 24.7. The maximum Gasteiger partial charge on any atom is 0.252 e. The molecule has 2 heterocycles. The number of rotatable bonds is 22. The van der Waals surface area contributed by atoms with Crippen LogP contribution in [0.5, 0.6) is 0 Å². The number of unbranched alkanes of at least 4 members (excludes halogenated alkanes) is 15. The molecule has 218 valence electrons. The predicted octanol–water partition coefficient (Wildman–Crippen LogP) is 8.41. The molecule has 6 heteroatoms. The minimum atomic E-state index is 0.00170. The number of halogens is 1. The maximum absolute atomic E-state index is 12.5. The van der Waals surface area contributed by atoms with Crippen molar-refractivity contribution in [3.63, 3.8) is 0 Å². The third-order valence-electron chi connectivity index (χ3n) is 8.21. The second kappa shape index (κ2) is 21.9. The molecule has 0 spiro atoms. The van der Waals surface area contributed by atoms with Crippen molar-refractivity contribution >= 4 is 34.3 Å². The fourth-order valence-electron chi connectivity index (χ4n) is 5.36. The van der Waals surface area contributed by atoms with E-state index in [0.717, 1.165) is 45.0 Å². The molecule has 1 fully saturated rings. The van der Waals surface area contributed by atoms with E-state index < -0.39 is 0 Å². The van der Waals surface area contributed by atoms with Crippen LogP contribution in [0.25, 0.3) is 0 Å². The second-order valence-corrected chi connectivity index (χ2v) is 12.4. The van der Waals surface area contributed by atoms with Crippen molar-refractivity contribution in [3.8, 4) is 0 Å². The van der Waals surface area contributed by atoms with Crippen molar-refractivity contribution in [2.45, 2.75) is 129 Å². The highest BCUT2D eigenvalue weighted by molar-refractivity contribution is 14.1. The van der Waals surface area contributed by atoms with E-state index in [1.54, 1.807) is 6.20 Å². The van der Waals surface area contributed by atoms with Gasteiger partial charge in [0.05, 0.1) is 5.56 Å². The molecule has 38 heavy (non-hydrogen) atoms. The Bertz CT molecular complexity index is 706. The van der Waals surface area contributed by atoms with Gasteiger partial charge in [-0.3, -0.25) is 9.69 Å². The highest BCUT2D eigenvalue weighted by Crippen LogP contribution is 2.17. The van der Waals surface area contributed by atoms with E-state index in [1.165, 1.54) is 107 Å². The third kappa shape index (κ3) is 14.5. The first kappa shape index (κ1) is 33.3. The van der Waals surface area contributed by atoms with Gasteiger partial charge < -0.3 is 10.2 Å². The SMILES string of the molecule is CCC(C)N1CCN(c2ccc(C(=O)NCCCCCCCCCCCCCCCCCCI)cn2)CC1. The summed E-state index contributed by atoms with van der Waals surface area (Å²) < 4.78 is 1.32. The number of pyridine rings is 1. The van der Waals surface area contributed by atoms with Crippen LogP contribution in [-0.4, -0.2) is 59.0 Å². The topological polar surface area (TPSA) is 48.5 Å².